The molecular formula is C11H11FN4. The molecule has 0 amide bonds. The molecule has 1 fully saturated rings. The third-order valence-corrected chi connectivity index (χ3v) is 2.78. The van der Waals surface area contributed by atoms with Gasteiger partial charge in [0.25, 0.3) is 0 Å². The van der Waals surface area contributed by atoms with Crippen LogP contribution in [0.15, 0.2) is 24.3 Å². The normalized spacial score (nSPS) is 15.3. The number of hydrogen-bond donors (Lipinski definition) is 1. The van der Waals surface area contributed by atoms with E-state index >= 15 is 0 Å². The van der Waals surface area contributed by atoms with Crippen molar-refractivity contribution in [3.8, 4) is 5.69 Å². The summed E-state index contributed by atoms with van der Waals surface area (Å²) in [5, 5.41) is 7.93. The predicted molar refractivity (Wildman–Crippen MR) is 57.7 cm³/mol. The molecule has 1 aliphatic carbocycles. The SMILES string of the molecule is Nc1c(C2CC2)nnn1-c1ccccc1F. The van der Waals surface area contributed by atoms with Crippen molar-refractivity contribution in [1.29, 1.82) is 0 Å². The first-order valence-corrected chi connectivity index (χ1v) is 5.23. The van der Waals surface area contributed by atoms with Crippen molar-refractivity contribution < 1.29 is 4.39 Å². The van der Waals surface area contributed by atoms with Gasteiger partial charge in [-0.3, -0.25) is 0 Å². The number of nitrogens with two attached hydrogens (primary N) is 1. The molecule has 0 spiro atoms. The lowest BCUT2D eigenvalue weighted by Crippen LogP contribution is -2.04. The number of anilines is 1. The highest BCUT2D eigenvalue weighted by atomic mass is 19.1. The van der Waals surface area contributed by atoms with Crippen LogP contribution >= 0.6 is 0 Å². The maximum Gasteiger partial charge on any atom is 0.151 e. The minimum atomic E-state index is -0.346. The first kappa shape index (κ1) is 9.33. The molecule has 1 heterocycles. The van der Waals surface area contributed by atoms with Gasteiger partial charge in [-0.2, -0.15) is 4.68 Å². The molecule has 3 rings (SSSR count). The van der Waals surface area contributed by atoms with Gasteiger partial charge in [0.05, 0.1) is 0 Å². The quantitative estimate of drug-likeness (QED) is 0.837. The Bertz CT molecular complexity index is 531. The van der Waals surface area contributed by atoms with Crippen LogP contribution in [0.2, 0.25) is 0 Å². The fourth-order valence-electron chi connectivity index (χ4n) is 1.75. The van der Waals surface area contributed by atoms with E-state index in [1.807, 2.05) is 0 Å². The number of nitrogens with zero attached hydrogens (tertiary/aromatic N) is 3. The van der Waals surface area contributed by atoms with Crippen LogP contribution < -0.4 is 5.73 Å². The molecule has 0 atom stereocenters. The minimum absolute atomic E-state index is 0.346. The van der Waals surface area contributed by atoms with Crippen molar-refractivity contribution in [1.82, 2.24) is 15.0 Å². The lowest BCUT2D eigenvalue weighted by Gasteiger charge is -2.03. The Morgan fingerprint density at radius 3 is 2.75 bits per heavy atom. The Labute approximate surface area is 91.9 Å². The summed E-state index contributed by atoms with van der Waals surface area (Å²) in [6, 6.07) is 6.40. The predicted octanol–water partition coefficient (Wildman–Crippen LogP) is 1.87. The number of halogens is 1. The molecule has 1 aliphatic rings. The van der Waals surface area contributed by atoms with Crippen LogP contribution in [-0.4, -0.2) is 15.0 Å². The van der Waals surface area contributed by atoms with E-state index in [4.69, 9.17) is 5.73 Å². The maximum atomic E-state index is 13.5. The van der Waals surface area contributed by atoms with Crippen LogP contribution in [0.5, 0.6) is 0 Å². The lowest BCUT2D eigenvalue weighted by atomic mass is 10.3. The smallest absolute Gasteiger partial charge is 0.151 e. The lowest BCUT2D eigenvalue weighted by molar-refractivity contribution is 0.608. The summed E-state index contributed by atoms with van der Waals surface area (Å²) in [5.41, 5.74) is 7.06. The Morgan fingerprint density at radius 1 is 1.31 bits per heavy atom. The molecule has 16 heavy (non-hydrogen) atoms. The van der Waals surface area contributed by atoms with E-state index in [-0.39, 0.29) is 5.82 Å². The Morgan fingerprint density at radius 2 is 2.06 bits per heavy atom. The second-order valence-electron chi connectivity index (χ2n) is 4.00. The van der Waals surface area contributed by atoms with Crippen LogP contribution in [0.4, 0.5) is 10.2 Å². The van der Waals surface area contributed by atoms with Crippen LogP contribution in [0.1, 0.15) is 24.5 Å². The summed E-state index contributed by atoms with van der Waals surface area (Å²) in [7, 11) is 0. The summed E-state index contributed by atoms with van der Waals surface area (Å²) >= 11 is 0. The van der Waals surface area contributed by atoms with Gasteiger partial charge in [0.15, 0.2) is 5.82 Å². The molecule has 82 valence electrons. The molecule has 4 nitrogen and oxygen atoms in total. The van der Waals surface area contributed by atoms with Crippen molar-refractivity contribution in [3.05, 3.63) is 35.8 Å². The minimum Gasteiger partial charge on any atom is -0.382 e. The van der Waals surface area contributed by atoms with Gasteiger partial charge in [-0.15, -0.1) is 5.10 Å². The molecule has 0 radical (unpaired) electrons. The molecule has 1 aromatic heterocycles. The van der Waals surface area contributed by atoms with E-state index in [9.17, 15) is 4.39 Å². The average Bonchev–Trinajstić information content (AvgIpc) is 3.05. The van der Waals surface area contributed by atoms with Crippen molar-refractivity contribution >= 4 is 5.82 Å². The van der Waals surface area contributed by atoms with Gasteiger partial charge in [-0.1, -0.05) is 17.3 Å². The van der Waals surface area contributed by atoms with Crippen molar-refractivity contribution in [3.63, 3.8) is 0 Å². The molecule has 2 N–H and O–H groups in total. The number of hydrogen-bond acceptors (Lipinski definition) is 3. The van der Waals surface area contributed by atoms with Gasteiger partial charge in [0, 0.05) is 5.92 Å². The van der Waals surface area contributed by atoms with Gasteiger partial charge >= 0.3 is 0 Å². The third kappa shape index (κ3) is 1.36. The van der Waals surface area contributed by atoms with E-state index in [1.54, 1.807) is 18.2 Å². The fraction of sp³-hybridized carbons (Fsp3) is 0.273. The molecule has 1 aromatic carbocycles. The summed E-state index contributed by atoms with van der Waals surface area (Å²) in [6.07, 6.45) is 2.19. The topological polar surface area (TPSA) is 56.7 Å². The molecule has 2 aromatic rings. The first-order valence-electron chi connectivity index (χ1n) is 5.23. The first-order chi connectivity index (χ1) is 7.77. The number of rotatable bonds is 2. The van der Waals surface area contributed by atoms with Crippen molar-refractivity contribution in [2.75, 3.05) is 5.73 Å². The van der Waals surface area contributed by atoms with E-state index in [0.29, 0.717) is 17.4 Å². The largest absolute Gasteiger partial charge is 0.382 e. The Balaban J connectivity index is 2.10. The molecule has 5 heteroatoms. The summed E-state index contributed by atoms with van der Waals surface area (Å²) in [4.78, 5) is 0. The van der Waals surface area contributed by atoms with Crippen LogP contribution in [0.3, 0.4) is 0 Å². The molecule has 0 aliphatic heterocycles. The standard InChI is InChI=1S/C11H11FN4/c12-8-3-1-2-4-9(8)16-11(13)10(14-15-16)7-5-6-7/h1-4,7H,5-6,13H2. The maximum absolute atomic E-state index is 13.5. The highest BCUT2D eigenvalue weighted by molar-refractivity contribution is 5.46. The fourth-order valence-corrected chi connectivity index (χ4v) is 1.75. The van der Waals surface area contributed by atoms with Crippen molar-refractivity contribution in [2.45, 2.75) is 18.8 Å². The number of para-hydroxylation sites is 1. The zero-order valence-electron chi connectivity index (χ0n) is 8.60. The van der Waals surface area contributed by atoms with Crippen molar-refractivity contribution in [2.24, 2.45) is 0 Å². The molecule has 0 saturated heterocycles. The van der Waals surface area contributed by atoms with E-state index < -0.39 is 0 Å². The van der Waals surface area contributed by atoms with Gasteiger partial charge in [0.1, 0.15) is 17.2 Å². The van der Waals surface area contributed by atoms with Crippen LogP contribution in [-0.2, 0) is 0 Å². The van der Waals surface area contributed by atoms with E-state index in [1.165, 1.54) is 10.7 Å². The highest BCUT2D eigenvalue weighted by Gasteiger charge is 2.30. The summed E-state index contributed by atoms with van der Waals surface area (Å²) < 4.78 is 14.9. The Hall–Kier alpha value is -1.91. The van der Waals surface area contributed by atoms with E-state index in [0.717, 1.165) is 18.5 Å². The molecule has 1 saturated carbocycles. The number of aromatic nitrogens is 3. The summed E-state index contributed by atoms with van der Waals surface area (Å²) in [5.74, 6) is 0.523. The zero-order chi connectivity index (χ0) is 11.1. The summed E-state index contributed by atoms with van der Waals surface area (Å²) in [6.45, 7) is 0. The zero-order valence-corrected chi connectivity index (χ0v) is 8.60. The monoisotopic (exact) mass is 218 g/mol. The second kappa shape index (κ2) is 3.30. The highest BCUT2D eigenvalue weighted by Crippen LogP contribution is 2.41. The van der Waals surface area contributed by atoms with E-state index in [2.05, 4.69) is 10.3 Å². The van der Waals surface area contributed by atoms with Gasteiger partial charge in [-0.05, 0) is 25.0 Å². The Kier molecular flexibility index (Phi) is 1.92. The second-order valence-corrected chi connectivity index (χ2v) is 4.00. The van der Waals surface area contributed by atoms with Gasteiger partial charge in [-0.25, -0.2) is 4.39 Å². The van der Waals surface area contributed by atoms with Crippen LogP contribution in [0.25, 0.3) is 5.69 Å². The van der Waals surface area contributed by atoms with Gasteiger partial charge in [0.2, 0.25) is 0 Å². The molecule has 0 bridgehead atoms. The molecular weight excluding hydrogens is 207 g/mol. The molecule has 0 unspecified atom stereocenters. The number of benzene rings is 1. The number of nitrogen functional groups attached to an aromatic ring is 1. The average molecular weight is 218 g/mol. The van der Waals surface area contributed by atoms with Crippen LogP contribution in [0, 0.1) is 5.82 Å². The van der Waals surface area contributed by atoms with Gasteiger partial charge < -0.3 is 5.73 Å². The third-order valence-electron chi connectivity index (χ3n) is 2.78.